The van der Waals surface area contributed by atoms with Crippen LogP contribution in [0.15, 0.2) is 23.2 Å². The summed E-state index contributed by atoms with van der Waals surface area (Å²) in [5.74, 6) is -0.442. The average molecular weight is 359 g/mol. The minimum Gasteiger partial charge on any atom is -0.383 e. The molecule has 0 saturated carbocycles. The topological polar surface area (TPSA) is 43.6 Å². The van der Waals surface area contributed by atoms with Gasteiger partial charge in [0, 0.05) is 24.2 Å². The quantitative estimate of drug-likeness (QED) is 0.832. The molecule has 0 fully saturated rings. The lowest BCUT2D eigenvalue weighted by atomic mass is 10.2. The van der Waals surface area contributed by atoms with Gasteiger partial charge in [-0.2, -0.15) is 4.99 Å². The number of benzene rings is 1. The van der Waals surface area contributed by atoms with Crippen molar-refractivity contribution in [1.29, 1.82) is 0 Å². The number of aromatic nitrogens is 1. The molecule has 0 aliphatic heterocycles. The first-order chi connectivity index (χ1) is 10.5. The summed E-state index contributed by atoms with van der Waals surface area (Å²) < 4.78 is 7.07. The lowest BCUT2D eigenvalue weighted by Gasteiger charge is -2.05. The normalized spacial score (nSPS) is 12.0. The zero-order chi connectivity index (χ0) is 16.3. The number of ether oxygens (including phenoxy) is 1. The van der Waals surface area contributed by atoms with Crippen LogP contribution in [0.25, 0.3) is 0 Å². The van der Waals surface area contributed by atoms with Gasteiger partial charge >= 0.3 is 0 Å². The van der Waals surface area contributed by atoms with Gasteiger partial charge in [0.1, 0.15) is 0 Å². The number of carbonyl (C=O) groups is 1. The summed E-state index contributed by atoms with van der Waals surface area (Å²) in [4.78, 5) is 18.4. The number of nitrogens with zero attached hydrogens (tertiary/aromatic N) is 2. The highest BCUT2D eigenvalue weighted by Gasteiger charge is 2.15. The van der Waals surface area contributed by atoms with Crippen LogP contribution in [-0.4, -0.2) is 24.2 Å². The van der Waals surface area contributed by atoms with Crippen molar-refractivity contribution in [2.45, 2.75) is 20.4 Å². The Morgan fingerprint density at radius 2 is 1.95 bits per heavy atom. The third-order valence-electron chi connectivity index (χ3n) is 3.28. The summed E-state index contributed by atoms with van der Waals surface area (Å²) in [5.41, 5.74) is 1.30. The number of halogens is 2. The first-order valence-electron chi connectivity index (χ1n) is 6.64. The molecule has 1 aromatic carbocycles. The van der Waals surface area contributed by atoms with Gasteiger partial charge in [-0.05, 0) is 26.0 Å². The Labute approximate surface area is 143 Å². The van der Waals surface area contributed by atoms with E-state index in [2.05, 4.69) is 4.99 Å². The fourth-order valence-corrected chi connectivity index (χ4v) is 3.53. The maximum absolute atomic E-state index is 12.4. The van der Waals surface area contributed by atoms with Crippen LogP contribution in [-0.2, 0) is 11.3 Å². The van der Waals surface area contributed by atoms with Crippen molar-refractivity contribution in [2.24, 2.45) is 4.99 Å². The maximum atomic E-state index is 12.4. The van der Waals surface area contributed by atoms with Crippen LogP contribution >= 0.6 is 34.5 Å². The molecule has 0 radical (unpaired) electrons. The molecule has 0 aliphatic carbocycles. The minimum absolute atomic E-state index is 0.229. The Balaban J connectivity index is 2.49. The van der Waals surface area contributed by atoms with E-state index in [-0.39, 0.29) is 5.56 Å². The van der Waals surface area contributed by atoms with Gasteiger partial charge in [0.2, 0.25) is 0 Å². The number of carbonyl (C=O) groups excluding carboxylic acids is 1. The minimum atomic E-state index is -0.442. The van der Waals surface area contributed by atoms with E-state index in [1.54, 1.807) is 25.3 Å². The highest BCUT2D eigenvalue weighted by atomic mass is 35.5. The Hall–Kier alpha value is -1.14. The predicted molar refractivity (Wildman–Crippen MR) is 90.0 cm³/mol. The van der Waals surface area contributed by atoms with Crippen LogP contribution in [0.3, 0.4) is 0 Å². The highest BCUT2D eigenvalue weighted by molar-refractivity contribution is 7.09. The number of aryl methyl sites for hydroxylation is 1. The number of amides is 1. The zero-order valence-corrected chi connectivity index (χ0v) is 14.8. The van der Waals surface area contributed by atoms with Gasteiger partial charge < -0.3 is 9.30 Å². The van der Waals surface area contributed by atoms with Crippen molar-refractivity contribution in [3.05, 3.63) is 49.2 Å². The maximum Gasteiger partial charge on any atom is 0.282 e. The predicted octanol–water partition coefficient (Wildman–Crippen LogP) is 3.86. The SMILES string of the molecule is COCCn1c(C)c(C)sc1=NC(=O)c1c(Cl)cccc1Cl. The molecule has 22 heavy (non-hydrogen) atoms. The van der Waals surface area contributed by atoms with Gasteiger partial charge in [-0.25, -0.2) is 0 Å². The van der Waals surface area contributed by atoms with E-state index in [1.165, 1.54) is 11.3 Å². The molecule has 0 atom stereocenters. The smallest absolute Gasteiger partial charge is 0.282 e. The van der Waals surface area contributed by atoms with Crippen LogP contribution in [0.2, 0.25) is 10.0 Å². The Bertz CT molecular complexity index is 745. The summed E-state index contributed by atoms with van der Waals surface area (Å²) >= 11 is 13.6. The van der Waals surface area contributed by atoms with Gasteiger partial charge in [-0.15, -0.1) is 11.3 Å². The Morgan fingerprint density at radius 3 is 2.55 bits per heavy atom. The van der Waals surface area contributed by atoms with Crippen LogP contribution in [0, 0.1) is 13.8 Å². The molecular formula is C15H16Cl2N2O2S. The molecule has 1 heterocycles. The second-order valence-corrected chi connectivity index (χ2v) is 6.68. The van der Waals surface area contributed by atoms with E-state index in [0.29, 0.717) is 28.0 Å². The molecule has 1 amide bonds. The number of hydrogen-bond acceptors (Lipinski definition) is 3. The molecule has 2 aromatic rings. The lowest BCUT2D eigenvalue weighted by Crippen LogP contribution is -2.20. The molecule has 1 aromatic heterocycles. The second kappa shape index (κ2) is 7.42. The van der Waals surface area contributed by atoms with Gasteiger partial charge in [0.25, 0.3) is 5.91 Å². The number of methoxy groups -OCH3 is 1. The summed E-state index contributed by atoms with van der Waals surface area (Å²) in [6.45, 7) is 5.17. The molecule has 0 bridgehead atoms. The standard InChI is InChI=1S/C15H16Cl2N2O2S/c1-9-10(2)22-15(19(9)7-8-21-3)18-14(20)13-11(16)5-4-6-12(13)17/h4-6H,7-8H2,1-3H3. The molecule has 0 saturated heterocycles. The third kappa shape index (κ3) is 3.60. The monoisotopic (exact) mass is 358 g/mol. The Kier molecular flexibility index (Phi) is 5.81. The first-order valence-corrected chi connectivity index (χ1v) is 8.21. The third-order valence-corrected chi connectivity index (χ3v) is 5.01. The largest absolute Gasteiger partial charge is 0.383 e. The molecule has 118 valence electrons. The number of thiazole rings is 1. The van der Waals surface area contributed by atoms with E-state index in [4.69, 9.17) is 27.9 Å². The van der Waals surface area contributed by atoms with Gasteiger partial charge in [-0.3, -0.25) is 4.79 Å². The summed E-state index contributed by atoms with van der Waals surface area (Å²) in [6.07, 6.45) is 0. The Morgan fingerprint density at radius 1 is 1.32 bits per heavy atom. The van der Waals surface area contributed by atoms with Gasteiger partial charge in [0.15, 0.2) is 4.80 Å². The van der Waals surface area contributed by atoms with Crippen LogP contribution in [0.4, 0.5) is 0 Å². The summed E-state index contributed by atoms with van der Waals surface area (Å²) in [7, 11) is 1.64. The molecule has 0 spiro atoms. The zero-order valence-electron chi connectivity index (χ0n) is 12.5. The number of hydrogen-bond donors (Lipinski definition) is 0. The van der Waals surface area contributed by atoms with Crippen molar-refractivity contribution < 1.29 is 9.53 Å². The fourth-order valence-electron chi connectivity index (χ4n) is 1.97. The van der Waals surface area contributed by atoms with Gasteiger partial charge in [-0.1, -0.05) is 29.3 Å². The highest BCUT2D eigenvalue weighted by Crippen LogP contribution is 2.25. The summed E-state index contributed by atoms with van der Waals surface area (Å²) in [6, 6.07) is 4.94. The molecule has 2 rings (SSSR count). The van der Waals surface area contributed by atoms with E-state index in [9.17, 15) is 4.79 Å². The molecule has 0 unspecified atom stereocenters. The van der Waals surface area contributed by atoms with E-state index >= 15 is 0 Å². The van der Waals surface area contributed by atoms with E-state index in [1.807, 2.05) is 18.4 Å². The molecular weight excluding hydrogens is 343 g/mol. The van der Waals surface area contributed by atoms with Crippen LogP contribution < -0.4 is 4.80 Å². The van der Waals surface area contributed by atoms with Crippen molar-refractivity contribution >= 4 is 40.4 Å². The van der Waals surface area contributed by atoms with Crippen molar-refractivity contribution in [1.82, 2.24) is 4.57 Å². The van der Waals surface area contributed by atoms with Crippen molar-refractivity contribution in [2.75, 3.05) is 13.7 Å². The first kappa shape index (κ1) is 17.2. The lowest BCUT2D eigenvalue weighted by molar-refractivity contribution is 0.0997. The average Bonchev–Trinajstić information content (AvgIpc) is 2.71. The molecule has 7 heteroatoms. The van der Waals surface area contributed by atoms with Gasteiger partial charge in [0.05, 0.1) is 22.2 Å². The van der Waals surface area contributed by atoms with Crippen LogP contribution in [0.5, 0.6) is 0 Å². The summed E-state index contributed by atoms with van der Waals surface area (Å²) in [5, 5.41) is 0.601. The van der Waals surface area contributed by atoms with Crippen molar-refractivity contribution in [3.63, 3.8) is 0 Å². The fraction of sp³-hybridized carbons (Fsp3) is 0.333. The van der Waals surface area contributed by atoms with Crippen molar-refractivity contribution in [3.8, 4) is 0 Å². The molecule has 4 nitrogen and oxygen atoms in total. The second-order valence-electron chi connectivity index (χ2n) is 4.68. The van der Waals surface area contributed by atoms with E-state index < -0.39 is 5.91 Å². The number of rotatable bonds is 4. The van der Waals surface area contributed by atoms with Crippen LogP contribution in [0.1, 0.15) is 20.9 Å². The molecule has 0 N–H and O–H groups in total. The van der Waals surface area contributed by atoms with E-state index in [0.717, 1.165) is 10.6 Å². The molecule has 0 aliphatic rings.